The minimum absolute atomic E-state index is 0.0488. The molecule has 0 atom stereocenters. The van der Waals surface area contributed by atoms with E-state index in [4.69, 9.17) is 4.74 Å². The summed E-state index contributed by atoms with van der Waals surface area (Å²) in [5.74, 6) is -0.933. The number of ketones is 1. The molecule has 1 N–H and O–H groups in total. The first-order valence-corrected chi connectivity index (χ1v) is 6.64. The number of rotatable bonds is 5. The standard InChI is InChI=1S/C15H17NO4/c1-10(17)12-7-2-3-8-13(12)16-14(18)9-20-15(19)11-5-4-6-11/h2-3,7-8,11H,4-6,9H2,1H3,(H,16,18). The Balaban J connectivity index is 1.88. The van der Waals surface area contributed by atoms with Crippen LogP contribution in [0.4, 0.5) is 5.69 Å². The number of para-hydroxylation sites is 1. The zero-order chi connectivity index (χ0) is 14.5. The molecule has 2 rings (SSSR count). The molecule has 0 radical (unpaired) electrons. The summed E-state index contributed by atoms with van der Waals surface area (Å²) in [5.41, 5.74) is 0.871. The maximum absolute atomic E-state index is 11.7. The summed E-state index contributed by atoms with van der Waals surface area (Å²) in [6, 6.07) is 6.73. The molecule has 1 aromatic carbocycles. The molecule has 0 spiro atoms. The maximum Gasteiger partial charge on any atom is 0.309 e. The van der Waals surface area contributed by atoms with Gasteiger partial charge in [0.1, 0.15) is 0 Å². The average Bonchev–Trinajstić information content (AvgIpc) is 2.34. The second kappa shape index (κ2) is 6.32. The topological polar surface area (TPSA) is 72.5 Å². The molecule has 0 aliphatic heterocycles. The van der Waals surface area contributed by atoms with Gasteiger partial charge < -0.3 is 10.1 Å². The van der Waals surface area contributed by atoms with E-state index in [9.17, 15) is 14.4 Å². The SMILES string of the molecule is CC(=O)c1ccccc1NC(=O)COC(=O)C1CCC1. The lowest BCUT2D eigenvalue weighted by molar-refractivity contribution is -0.154. The quantitative estimate of drug-likeness (QED) is 0.660. The predicted molar refractivity (Wildman–Crippen MR) is 73.4 cm³/mol. The highest BCUT2D eigenvalue weighted by molar-refractivity contribution is 6.04. The van der Waals surface area contributed by atoms with Crippen LogP contribution < -0.4 is 5.32 Å². The van der Waals surface area contributed by atoms with E-state index in [1.54, 1.807) is 24.3 Å². The lowest BCUT2D eigenvalue weighted by Crippen LogP contribution is -2.28. The number of nitrogens with one attached hydrogen (secondary N) is 1. The molecule has 0 aromatic heterocycles. The molecule has 0 bridgehead atoms. The minimum atomic E-state index is -0.439. The van der Waals surface area contributed by atoms with E-state index < -0.39 is 5.91 Å². The third-order valence-electron chi connectivity index (χ3n) is 3.36. The first-order chi connectivity index (χ1) is 9.58. The van der Waals surface area contributed by atoms with E-state index in [1.807, 2.05) is 0 Å². The minimum Gasteiger partial charge on any atom is -0.455 e. The maximum atomic E-state index is 11.7. The molecule has 5 nitrogen and oxygen atoms in total. The van der Waals surface area contributed by atoms with Crippen LogP contribution in [0.5, 0.6) is 0 Å². The summed E-state index contributed by atoms with van der Waals surface area (Å²) in [6.07, 6.45) is 2.72. The molecule has 0 saturated heterocycles. The Kier molecular flexibility index (Phi) is 4.50. The number of benzene rings is 1. The van der Waals surface area contributed by atoms with Crippen LogP contribution in [-0.2, 0) is 14.3 Å². The van der Waals surface area contributed by atoms with E-state index >= 15 is 0 Å². The number of anilines is 1. The van der Waals surface area contributed by atoms with Crippen LogP contribution in [0.25, 0.3) is 0 Å². The van der Waals surface area contributed by atoms with Crippen molar-refractivity contribution in [3.05, 3.63) is 29.8 Å². The van der Waals surface area contributed by atoms with Crippen molar-refractivity contribution in [3.8, 4) is 0 Å². The molecule has 1 aromatic rings. The number of hydrogen-bond donors (Lipinski definition) is 1. The molecule has 106 valence electrons. The van der Waals surface area contributed by atoms with Crippen LogP contribution in [0, 0.1) is 5.92 Å². The van der Waals surface area contributed by atoms with Gasteiger partial charge in [0.15, 0.2) is 12.4 Å². The number of ether oxygens (including phenoxy) is 1. The zero-order valence-electron chi connectivity index (χ0n) is 11.3. The van der Waals surface area contributed by atoms with Gasteiger partial charge in [-0.2, -0.15) is 0 Å². The molecule has 1 fully saturated rings. The first-order valence-electron chi connectivity index (χ1n) is 6.64. The van der Waals surface area contributed by atoms with Crippen molar-refractivity contribution in [2.75, 3.05) is 11.9 Å². The molecule has 5 heteroatoms. The number of amides is 1. The highest BCUT2D eigenvalue weighted by Gasteiger charge is 2.27. The molecule has 1 aliphatic carbocycles. The van der Waals surface area contributed by atoms with Gasteiger partial charge in [0.2, 0.25) is 0 Å². The summed E-state index contributed by atoms with van der Waals surface area (Å²) in [7, 11) is 0. The Morgan fingerprint density at radius 1 is 1.25 bits per heavy atom. The third-order valence-corrected chi connectivity index (χ3v) is 3.36. The fourth-order valence-corrected chi connectivity index (χ4v) is 1.98. The van der Waals surface area contributed by atoms with Crippen molar-refractivity contribution < 1.29 is 19.1 Å². The number of esters is 1. The number of carbonyl (C=O) groups is 3. The summed E-state index contributed by atoms with van der Waals surface area (Å²) < 4.78 is 4.94. The third kappa shape index (κ3) is 3.44. The van der Waals surface area contributed by atoms with E-state index in [2.05, 4.69) is 5.32 Å². The van der Waals surface area contributed by atoms with Gasteiger partial charge >= 0.3 is 5.97 Å². The molecule has 1 saturated carbocycles. The lowest BCUT2D eigenvalue weighted by Gasteiger charge is -2.22. The highest BCUT2D eigenvalue weighted by Crippen LogP contribution is 2.27. The summed E-state index contributed by atoms with van der Waals surface area (Å²) >= 11 is 0. The molecular formula is C15H17NO4. The first kappa shape index (κ1) is 14.2. The summed E-state index contributed by atoms with van der Waals surface area (Å²) in [4.78, 5) is 34.6. The van der Waals surface area contributed by atoms with Crippen molar-refractivity contribution in [1.82, 2.24) is 0 Å². The van der Waals surface area contributed by atoms with E-state index in [-0.39, 0.29) is 24.3 Å². The number of Topliss-reactive ketones (excluding diaryl/α,β-unsaturated/α-hetero) is 1. The van der Waals surface area contributed by atoms with Gasteiger partial charge in [0, 0.05) is 5.56 Å². The second-order valence-corrected chi connectivity index (χ2v) is 4.89. The van der Waals surface area contributed by atoms with Crippen LogP contribution >= 0.6 is 0 Å². The highest BCUT2D eigenvalue weighted by atomic mass is 16.5. The van der Waals surface area contributed by atoms with Crippen LogP contribution in [-0.4, -0.2) is 24.3 Å². The van der Waals surface area contributed by atoms with Crippen molar-refractivity contribution in [3.63, 3.8) is 0 Å². The Labute approximate surface area is 117 Å². The fraction of sp³-hybridized carbons (Fsp3) is 0.400. The molecule has 1 aliphatic rings. The molecule has 0 unspecified atom stereocenters. The van der Waals surface area contributed by atoms with Crippen LogP contribution in [0.3, 0.4) is 0 Å². The average molecular weight is 275 g/mol. The predicted octanol–water partition coefficient (Wildman–Crippen LogP) is 2.17. The Hall–Kier alpha value is -2.17. The van der Waals surface area contributed by atoms with Crippen LogP contribution in [0.15, 0.2) is 24.3 Å². The van der Waals surface area contributed by atoms with Crippen LogP contribution in [0.2, 0.25) is 0 Å². The van der Waals surface area contributed by atoms with Gasteiger partial charge in [0.05, 0.1) is 11.6 Å². The van der Waals surface area contributed by atoms with Crippen molar-refractivity contribution >= 4 is 23.3 Å². The second-order valence-electron chi connectivity index (χ2n) is 4.89. The van der Waals surface area contributed by atoms with Gasteiger partial charge in [-0.15, -0.1) is 0 Å². The van der Waals surface area contributed by atoms with E-state index in [0.717, 1.165) is 19.3 Å². The number of hydrogen-bond acceptors (Lipinski definition) is 4. The summed E-state index contributed by atoms with van der Waals surface area (Å²) in [6.45, 7) is 1.11. The normalized spacial score (nSPS) is 14.2. The molecule has 1 amide bonds. The summed E-state index contributed by atoms with van der Waals surface area (Å²) in [5, 5.41) is 2.59. The lowest BCUT2D eigenvalue weighted by atomic mass is 9.86. The number of carbonyl (C=O) groups excluding carboxylic acids is 3. The van der Waals surface area contributed by atoms with Gasteiger partial charge in [-0.1, -0.05) is 18.6 Å². The van der Waals surface area contributed by atoms with Crippen molar-refractivity contribution in [2.45, 2.75) is 26.2 Å². The fourth-order valence-electron chi connectivity index (χ4n) is 1.98. The van der Waals surface area contributed by atoms with E-state index in [1.165, 1.54) is 6.92 Å². The van der Waals surface area contributed by atoms with Gasteiger partial charge in [0.25, 0.3) is 5.91 Å². The molecule has 20 heavy (non-hydrogen) atoms. The monoisotopic (exact) mass is 275 g/mol. The van der Waals surface area contributed by atoms with E-state index in [0.29, 0.717) is 11.3 Å². The Morgan fingerprint density at radius 3 is 2.55 bits per heavy atom. The Morgan fingerprint density at radius 2 is 1.95 bits per heavy atom. The Bertz CT molecular complexity index is 534. The smallest absolute Gasteiger partial charge is 0.309 e. The van der Waals surface area contributed by atoms with Gasteiger partial charge in [-0.05, 0) is 31.9 Å². The zero-order valence-corrected chi connectivity index (χ0v) is 11.3. The molecule has 0 heterocycles. The van der Waals surface area contributed by atoms with Gasteiger partial charge in [-0.25, -0.2) is 0 Å². The van der Waals surface area contributed by atoms with Crippen molar-refractivity contribution in [2.24, 2.45) is 5.92 Å². The molecular weight excluding hydrogens is 258 g/mol. The largest absolute Gasteiger partial charge is 0.455 e. The van der Waals surface area contributed by atoms with Crippen molar-refractivity contribution in [1.29, 1.82) is 0 Å². The van der Waals surface area contributed by atoms with Gasteiger partial charge in [-0.3, -0.25) is 14.4 Å². The van der Waals surface area contributed by atoms with Crippen LogP contribution in [0.1, 0.15) is 36.5 Å².